The Morgan fingerprint density at radius 3 is 2.42 bits per heavy atom. The van der Waals surface area contributed by atoms with Gasteiger partial charge in [-0.3, -0.25) is 4.79 Å². The summed E-state index contributed by atoms with van der Waals surface area (Å²) in [5, 5.41) is 13.2. The average molecular weight is 351 g/mol. The number of aromatic hydroxyl groups is 1. The van der Waals surface area contributed by atoms with Crippen LogP contribution in [0, 0.1) is 19.7 Å². The zero-order valence-corrected chi connectivity index (χ0v) is 14.4. The van der Waals surface area contributed by atoms with Gasteiger partial charge in [-0.1, -0.05) is 0 Å². The topological polar surface area (TPSA) is 66.6 Å². The van der Waals surface area contributed by atoms with Gasteiger partial charge in [0.25, 0.3) is 5.91 Å². The first kappa shape index (κ1) is 17.4. The second kappa shape index (κ2) is 7.23. The average Bonchev–Trinajstić information content (AvgIpc) is 2.90. The molecule has 0 saturated carbocycles. The van der Waals surface area contributed by atoms with Crippen LogP contribution >= 0.6 is 0 Å². The van der Waals surface area contributed by atoms with Crippen molar-refractivity contribution in [2.24, 2.45) is 5.10 Å². The molecule has 0 spiro atoms. The molecule has 1 amide bonds. The van der Waals surface area contributed by atoms with Gasteiger partial charge in [-0.15, -0.1) is 0 Å². The third-order valence-corrected chi connectivity index (χ3v) is 4.05. The fourth-order valence-corrected chi connectivity index (χ4v) is 2.74. The van der Waals surface area contributed by atoms with E-state index in [9.17, 15) is 14.3 Å². The Hall–Kier alpha value is -3.41. The molecule has 6 heteroatoms. The molecule has 0 unspecified atom stereocenters. The minimum absolute atomic E-state index is 0.0956. The van der Waals surface area contributed by atoms with E-state index in [1.165, 1.54) is 36.4 Å². The monoisotopic (exact) mass is 351 g/mol. The van der Waals surface area contributed by atoms with Crippen LogP contribution in [0.4, 0.5) is 4.39 Å². The third kappa shape index (κ3) is 3.64. The highest BCUT2D eigenvalue weighted by atomic mass is 19.1. The van der Waals surface area contributed by atoms with E-state index in [1.54, 1.807) is 18.3 Å². The van der Waals surface area contributed by atoms with Gasteiger partial charge < -0.3 is 9.67 Å². The first-order valence-electron chi connectivity index (χ1n) is 8.03. The summed E-state index contributed by atoms with van der Waals surface area (Å²) in [6.07, 6.45) is 1.57. The van der Waals surface area contributed by atoms with E-state index in [-0.39, 0.29) is 17.5 Å². The summed E-state index contributed by atoms with van der Waals surface area (Å²) in [7, 11) is 0. The minimum atomic E-state index is -0.367. The van der Waals surface area contributed by atoms with Gasteiger partial charge in [0.1, 0.15) is 11.6 Å². The Bertz CT molecular complexity index is 958. The molecule has 2 aromatic carbocycles. The van der Waals surface area contributed by atoms with Crippen LogP contribution in [0.3, 0.4) is 0 Å². The van der Waals surface area contributed by atoms with E-state index in [1.807, 2.05) is 24.5 Å². The molecular formula is C20H18FN3O2. The van der Waals surface area contributed by atoms with Crippen LogP contribution in [0.2, 0.25) is 0 Å². The number of nitrogens with zero attached hydrogens (tertiary/aromatic N) is 2. The van der Waals surface area contributed by atoms with Crippen LogP contribution in [-0.4, -0.2) is 21.8 Å². The normalized spacial score (nSPS) is 11.0. The van der Waals surface area contributed by atoms with Gasteiger partial charge in [-0.2, -0.15) is 5.10 Å². The standard InChI is InChI=1S/C20H18FN3O2/c1-13-11-16(14(2)24(13)18-7-5-17(21)6-8-18)12-22-23-20(26)15-3-9-19(25)10-4-15/h3-12,25H,1-2H3,(H,23,26)/b22-12-. The second-order valence-corrected chi connectivity index (χ2v) is 5.88. The van der Waals surface area contributed by atoms with E-state index in [2.05, 4.69) is 10.5 Å². The smallest absolute Gasteiger partial charge is 0.271 e. The molecule has 3 aromatic rings. The van der Waals surface area contributed by atoms with Crippen molar-refractivity contribution in [3.8, 4) is 11.4 Å². The van der Waals surface area contributed by atoms with Crippen molar-refractivity contribution in [2.75, 3.05) is 0 Å². The summed E-state index contributed by atoms with van der Waals surface area (Å²) in [5.41, 5.74) is 6.46. The van der Waals surface area contributed by atoms with Crippen molar-refractivity contribution >= 4 is 12.1 Å². The number of nitrogens with one attached hydrogen (secondary N) is 1. The quantitative estimate of drug-likeness (QED) is 0.556. The largest absolute Gasteiger partial charge is 0.508 e. The molecule has 132 valence electrons. The fourth-order valence-electron chi connectivity index (χ4n) is 2.74. The highest BCUT2D eigenvalue weighted by molar-refractivity contribution is 5.95. The summed E-state index contributed by atoms with van der Waals surface area (Å²) < 4.78 is 15.1. The number of halogens is 1. The molecule has 0 radical (unpaired) electrons. The van der Waals surface area contributed by atoms with Gasteiger partial charge in [0, 0.05) is 28.2 Å². The molecule has 3 rings (SSSR count). The first-order chi connectivity index (χ1) is 12.5. The lowest BCUT2D eigenvalue weighted by Crippen LogP contribution is -2.17. The second-order valence-electron chi connectivity index (χ2n) is 5.88. The number of phenols is 1. The van der Waals surface area contributed by atoms with Crippen LogP contribution < -0.4 is 5.43 Å². The number of hydrogen-bond acceptors (Lipinski definition) is 3. The molecule has 26 heavy (non-hydrogen) atoms. The molecule has 0 aliphatic carbocycles. The summed E-state index contributed by atoms with van der Waals surface area (Å²) in [6.45, 7) is 3.88. The first-order valence-corrected chi connectivity index (χ1v) is 8.03. The summed E-state index contributed by atoms with van der Waals surface area (Å²) in [6, 6.07) is 14.1. The number of hydrazone groups is 1. The predicted octanol–water partition coefficient (Wildman–Crippen LogP) is 3.70. The lowest BCUT2D eigenvalue weighted by atomic mass is 10.2. The zero-order valence-electron chi connectivity index (χ0n) is 14.4. The van der Waals surface area contributed by atoms with Crippen molar-refractivity contribution < 1.29 is 14.3 Å². The molecule has 0 aliphatic rings. The molecule has 5 nitrogen and oxygen atoms in total. The maximum absolute atomic E-state index is 13.1. The van der Waals surface area contributed by atoms with E-state index in [0.717, 1.165) is 22.6 Å². The summed E-state index contributed by atoms with van der Waals surface area (Å²) >= 11 is 0. The zero-order chi connectivity index (χ0) is 18.7. The van der Waals surface area contributed by atoms with Gasteiger partial charge in [0.15, 0.2) is 0 Å². The maximum atomic E-state index is 13.1. The van der Waals surface area contributed by atoms with E-state index >= 15 is 0 Å². The molecule has 1 aromatic heterocycles. The molecule has 0 bridgehead atoms. The van der Waals surface area contributed by atoms with Gasteiger partial charge in [-0.05, 0) is 68.4 Å². The Kier molecular flexibility index (Phi) is 4.84. The Labute approximate surface area is 150 Å². The van der Waals surface area contributed by atoms with Crippen LogP contribution in [0.5, 0.6) is 5.75 Å². The summed E-state index contributed by atoms with van der Waals surface area (Å²) in [5.74, 6) is -0.554. The van der Waals surface area contributed by atoms with Crippen molar-refractivity contribution in [3.05, 3.63) is 82.9 Å². The number of aromatic nitrogens is 1. The SMILES string of the molecule is Cc1cc(/C=N\NC(=O)c2ccc(O)cc2)c(C)n1-c1ccc(F)cc1. The number of amides is 1. The van der Waals surface area contributed by atoms with Crippen molar-refractivity contribution in [1.29, 1.82) is 0 Å². The van der Waals surface area contributed by atoms with Gasteiger partial charge >= 0.3 is 0 Å². The third-order valence-electron chi connectivity index (χ3n) is 4.05. The number of phenolic OH excluding ortho intramolecular Hbond substituents is 1. The van der Waals surface area contributed by atoms with Gasteiger partial charge in [0.05, 0.1) is 6.21 Å². The lowest BCUT2D eigenvalue weighted by molar-refractivity contribution is 0.0955. The highest BCUT2D eigenvalue weighted by Gasteiger charge is 2.10. The lowest BCUT2D eigenvalue weighted by Gasteiger charge is -2.09. The Morgan fingerprint density at radius 1 is 1.12 bits per heavy atom. The van der Waals surface area contributed by atoms with Crippen molar-refractivity contribution in [1.82, 2.24) is 9.99 Å². The van der Waals surface area contributed by atoms with Gasteiger partial charge in [-0.25, -0.2) is 9.82 Å². The van der Waals surface area contributed by atoms with Crippen LogP contribution in [0.15, 0.2) is 59.7 Å². The van der Waals surface area contributed by atoms with Crippen molar-refractivity contribution in [3.63, 3.8) is 0 Å². The predicted molar refractivity (Wildman–Crippen MR) is 98.4 cm³/mol. The number of carbonyl (C=O) groups excluding carboxylic acids is 1. The Balaban J connectivity index is 1.77. The molecule has 0 atom stereocenters. The number of rotatable bonds is 4. The van der Waals surface area contributed by atoms with Gasteiger partial charge in [0.2, 0.25) is 0 Å². The molecule has 1 heterocycles. The number of carbonyl (C=O) groups is 1. The number of benzene rings is 2. The van der Waals surface area contributed by atoms with E-state index < -0.39 is 0 Å². The molecule has 0 saturated heterocycles. The van der Waals surface area contributed by atoms with E-state index in [0.29, 0.717) is 5.56 Å². The number of hydrogen-bond donors (Lipinski definition) is 2. The van der Waals surface area contributed by atoms with E-state index in [4.69, 9.17) is 0 Å². The Morgan fingerprint density at radius 2 is 1.77 bits per heavy atom. The molecule has 2 N–H and O–H groups in total. The highest BCUT2D eigenvalue weighted by Crippen LogP contribution is 2.20. The molecule has 0 aliphatic heterocycles. The van der Waals surface area contributed by atoms with Crippen LogP contribution in [0.1, 0.15) is 27.3 Å². The maximum Gasteiger partial charge on any atom is 0.271 e. The van der Waals surface area contributed by atoms with Crippen LogP contribution in [-0.2, 0) is 0 Å². The fraction of sp³-hybridized carbons (Fsp3) is 0.100. The minimum Gasteiger partial charge on any atom is -0.508 e. The molecule has 0 fully saturated rings. The summed E-state index contributed by atoms with van der Waals surface area (Å²) in [4.78, 5) is 12.0. The van der Waals surface area contributed by atoms with Crippen molar-refractivity contribution in [2.45, 2.75) is 13.8 Å². The molecular weight excluding hydrogens is 333 g/mol. The van der Waals surface area contributed by atoms with Crippen LogP contribution in [0.25, 0.3) is 5.69 Å². The number of aryl methyl sites for hydroxylation is 1.